The number of halogens is 1. The lowest BCUT2D eigenvalue weighted by molar-refractivity contribution is -0.0730. The van der Waals surface area contributed by atoms with E-state index in [4.69, 9.17) is 9.47 Å². The lowest BCUT2D eigenvalue weighted by Gasteiger charge is -2.33. The molecule has 3 atom stereocenters. The van der Waals surface area contributed by atoms with Crippen molar-refractivity contribution in [3.05, 3.63) is 29.6 Å². The van der Waals surface area contributed by atoms with E-state index in [1.165, 1.54) is 6.07 Å². The van der Waals surface area contributed by atoms with Crippen molar-refractivity contribution in [3.8, 4) is 5.75 Å². The van der Waals surface area contributed by atoms with Gasteiger partial charge in [-0.2, -0.15) is 0 Å². The van der Waals surface area contributed by atoms with Gasteiger partial charge < -0.3 is 14.8 Å². The molecular weight excluding hydrogens is 257 g/mol. The smallest absolute Gasteiger partial charge is 0.165 e. The molecule has 0 aromatic heterocycles. The monoisotopic (exact) mass is 281 g/mol. The maximum absolute atomic E-state index is 14.1. The molecule has 4 heteroatoms. The predicted octanol–water partition coefficient (Wildman–Crippen LogP) is 3.44. The Balaban J connectivity index is 2.19. The van der Waals surface area contributed by atoms with Crippen molar-refractivity contribution in [1.82, 2.24) is 5.32 Å². The van der Waals surface area contributed by atoms with Crippen LogP contribution in [0.2, 0.25) is 0 Å². The van der Waals surface area contributed by atoms with Gasteiger partial charge in [-0.25, -0.2) is 4.39 Å². The molecule has 1 heterocycles. The van der Waals surface area contributed by atoms with Crippen molar-refractivity contribution < 1.29 is 13.9 Å². The summed E-state index contributed by atoms with van der Waals surface area (Å²) in [4.78, 5) is 0. The molecule has 0 amide bonds. The van der Waals surface area contributed by atoms with Gasteiger partial charge >= 0.3 is 0 Å². The van der Waals surface area contributed by atoms with E-state index >= 15 is 0 Å². The molecule has 0 bridgehead atoms. The predicted molar refractivity (Wildman–Crippen MR) is 77.5 cm³/mol. The first-order valence-electron chi connectivity index (χ1n) is 7.29. The van der Waals surface area contributed by atoms with Crippen LogP contribution in [0.5, 0.6) is 5.75 Å². The van der Waals surface area contributed by atoms with Crippen LogP contribution in [0.1, 0.15) is 45.2 Å². The van der Waals surface area contributed by atoms with Crippen molar-refractivity contribution in [2.45, 2.75) is 58.0 Å². The lowest BCUT2D eigenvalue weighted by Crippen LogP contribution is -2.36. The molecule has 0 saturated carbocycles. The molecule has 20 heavy (non-hydrogen) atoms. The summed E-state index contributed by atoms with van der Waals surface area (Å²) in [6.45, 7) is 6.06. The van der Waals surface area contributed by atoms with Crippen LogP contribution in [0.25, 0.3) is 0 Å². The van der Waals surface area contributed by atoms with E-state index in [1.807, 2.05) is 33.9 Å². The first-order valence-corrected chi connectivity index (χ1v) is 7.29. The molecule has 3 nitrogen and oxygen atoms in total. The molecule has 0 spiro atoms. The van der Waals surface area contributed by atoms with Gasteiger partial charge in [0.1, 0.15) is 6.10 Å². The molecule has 1 N–H and O–H groups in total. The van der Waals surface area contributed by atoms with Gasteiger partial charge in [-0.1, -0.05) is 12.1 Å². The van der Waals surface area contributed by atoms with Crippen molar-refractivity contribution in [2.75, 3.05) is 7.05 Å². The van der Waals surface area contributed by atoms with Gasteiger partial charge in [0.15, 0.2) is 11.6 Å². The van der Waals surface area contributed by atoms with Crippen molar-refractivity contribution in [2.24, 2.45) is 0 Å². The minimum Gasteiger partial charge on any atom is -0.487 e. The van der Waals surface area contributed by atoms with E-state index in [0.717, 1.165) is 18.4 Å². The summed E-state index contributed by atoms with van der Waals surface area (Å²) in [5.41, 5.74) is 0.860. The summed E-state index contributed by atoms with van der Waals surface area (Å²) in [5, 5.41) is 3.13. The Bertz CT molecular complexity index is 442. The van der Waals surface area contributed by atoms with Crippen molar-refractivity contribution in [1.29, 1.82) is 0 Å². The maximum Gasteiger partial charge on any atom is 0.165 e. The Hall–Kier alpha value is -1.13. The summed E-state index contributed by atoms with van der Waals surface area (Å²) in [6.07, 6.45) is 1.91. The highest BCUT2D eigenvalue weighted by Crippen LogP contribution is 2.31. The second kappa shape index (κ2) is 6.55. The molecule has 2 rings (SSSR count). The molecule has 0 radical (unpaired) electrons. The van der Waals surface area contributed by atoms with Gasteiger partial charge in [-0.15, -0.1) is 0 Å². The Morgan fingerprint density at radius 3 is 2.55 bits per heavy atom. The van der Waals surface area contributed by atoms with Gasteiger partial charge in [0.25, 0.3) is 0 Å². The first kappa shape index (κ1) is 15.3. The normalized spacial score (nSPS) is 28.1. The van der Waals surface area contributed by atoms with Crippen LogP contribution in [-0.2, 0) is 4.74 Å². The molecule has 0 aliphatic carbocycles. The van der Waals surface area contributed by atoms with Gasteiger partial charge in [0.05, 0.1) is 12.2 Å². The topological polar surface area (TPSA) is 30.5 Å². The number of hydrogen-bond acceptors (Lipinski definition) is 3. The van der Waals surface area contributed by atoms with E-state index in [0.29, 0.717) is 5.75 Å². The average molecular weight is 281 g/mol. The van der Waals surface area contributed by atoms with Crippen LogP contribution >= 0.6 is 0 Å². The molecular formula is C16H24FNO2. The quantitative estimate of drug-likeness (QED) is 0.917. The zero-order valence-corrected chi connectivity index (χ0v) is 12.7. The fraction of sp³-hybridized carbons (Fsp3) is 0.625. The Morgan fingerprint density at radius 2 is 1.95 bits per heavy atom. The highest BCUT2D eigenvalue weighted by atomic mass is 19.1. The van der Waals surface area contributed by atoms with E-state index in [2.05, 4.69) is 5.32 Å². The van der Waals surface area contributed by atoms with Crippen LogP contribution in [0.15, 0.2) is 18.2 Å². The summed E-state index contributed by atoms with van der Waals surface area (Å²) in [5.74, 6) is 0.0806. The van der Waals surface area contributed by atoms with Gasteiger partial charge in [-0.3, -0.25) is 0 Å². The highest BCUT2D eigenvalue weighted by Gasteiger charge is 2.27. The Kier molecular flexibility index (Phi) is 5.00. The zero-order valence-electron chi connectivity index (χ0n) is 12.7. The fourth-order valence-corrected chi connectivity index (χ4v) is 2.75. The number of rotatable bonds is 4. The third-order valence-electron chi connectivity index (χ3n) is 3.84. The highest BCUT2D eigenvalue weighted by molar-refractivity contribution is 5.37. The minimum absolute atomic E-state index is 0.00783. The molecule has 1 aromatic rings. The van der Waals surface area contributed by atoms with Gasteiger partial charge in [-0.05, 0) is 33.9 Å². The molecule has 1 aliphatic heterocycles. The Labute approximate surface area is 120 Å². The molecule has 3 unspecified atom stereocenters. The molecule has 1 aliphatic rings. The Morgan fingerprint density at radius 1 is 1.30 bits per heavy atom. The van der Waals surface area contributed by atoms with E-state index in [-0.39, 0.29) is 30.2 Å². The summed E-state index contributed by atoms with van der Waals surface area (Å²) >= 11 is 0. The average Bonchev–Trinajstić information content (AvgIpc) is 2.39. The molecule has 112 valence electrons. The largest absolute Gasteiger partial charge is 0.487 e. The number of nitrogens with one attached hydrogen (secondary N) is 1. The minimum atomic E-state index is -0.295. The number of hydrogen-bond donors (Lipinski definition) is 1. The molecule has 1 fully saturated rings. The van der Waals surface area contributed by atoms with Crippen LogP contribution in [0, 0.1) is 5.82 Å². The van der Waals surface area contributed by atoms with Crippen molar-refractivity contribution in [3.63, 3.8) is 0 Å². The number of benzene rings is 1. The molecule has 1 saturated heterocycles. The second-order valence-electron chi connectivity index (χ2n) is 5.64. The summed E-state index contributed by atoms with van der Waals surface area (Å²) in [7, 11) is 1.86. The number of ether oxygens (including phenoxy) is 2. The summed E-state index contributed by atoms with van der Waals surface area (Å²) < 4.78 is 25.8. The first-order chi connectivity index (χ1) is 9.51. The second-order valence-corrected chi connectivity index (χ2v) is 5.64. The summed E-state index contributed by atoms with van der Waals surface area (Å²) in [6, 6.07) is 5.13. The van der Waals surface area contributed by atoms with E-state index in [9.17, 15) is 4.39 Å². The maximum atomic E-state index is 14.1. The van der Waals surface area contributed by atoms with Crippen LogP contribution in [-0.4, -0.2) is 25.4 Å². The standard InChI is InChI=1S/C16H24FNO2/c1-10-8-13(9-11(2)19-10)20-16-14(12(3)18-4)6-5-7-15(16)17/h5-7,10-13,18H,8-9H2,1-4H3. The number of para-hydroxylation sites is 1. The van der Waals surface area contributed by atoms with E-state index in [1.54, 1.807) is 6.07 Å². The molecule has 1 aromatic carbocycles. The van der Waals surface area contributed by atoms with Crippen LogP contribution in [0.3, 0.4) is 0 Å². The van der Waals surface area contributed by atoms with Gasteiger partial charge in [0, 0.05) is 24.4 Å². The third-order valence-corrected chi connectivity index (χ3v) is 3.84. The zero-order chi connectivity index (χ0) is 14.7. The fourth-order valence-electron chi connectivity index (χ4n) is 2.75. The van der Waals surface area contributed by atoms with Crippen LogP contribution < -0.4 is 10.1 Å². The van der Waals surface area contributed by atoms with Crippen LogP contribution in [0.4, 0.5) is 4.39 Å². The van der Waals surface area contributed by atoms with Gasteiger partial charge in [0.2, 0.25) is 0 Å². The SMILES string of the molecule is CNC(C)c1cccc(F)c1OC1CC(C)OC(C)C1. The lowest BCUT2D eigenvalue weighted by atomic mass is 10.0. The van der Waals surface area contributed by atoms with E-state index < -0.39 is 0 Å². The third kappa shape index (κ3) is 3.49. The van der Waals surface area contributed by atoms with Crippen molar-refractivity contribution >= 4 is 0 Å².